The summed E-state index contributed by atoms with van der Waals surface area (Å²) in [5, 5.41) is 3.52. The van der Waals surface area contributed by atoms with Crippen LogP contribution in [0.15, 0.2) is 34.6 Å². The molecule has 4 heterocycles. The Hall–Kier alpha value is -2.38. The zero-order chi connectivity index (χ0) is 16.8. The minimum atomic E-state index is -0.0493. The fourth-order valence-corrected chi connectivity index (χ4v) is 5.32. The van der Waals surface area contributed by atoms with Crippen LogP contribution in [0, 0.1) is 0 Å². The molecular formula is C18H14N4OS2. The summed E-state index contributed by atoms with van der Waals surface area (Å²) >= 11 is 3.16. The Labute approximate surface area is 151 Å². The summed E-state index contributed by atoms with van der Waals surface area (Å²) in [6, 6.07) is 5.74. The second kappa shape index (κ2) is 5.86. The van der Waals surface area contributed by atoms with Crippen molar-refractivity contribution in [2.24, 2.45) is 0 Å². The van der Waals surface area contributed by atoms with Crippen molar-refractivity contribution >= 4 is 32.9 Å². The first-order valence-corrected chi connectivity index (χ1v) is 9.91. The Morgan fingerprint density at radius 2 is 2.00 bits per heavy atom. The number of rotatable bonds is 2. The monoisotopic (exact) mass is 366 g/mol. The lowest BCUT2D eigenvalue weighted by Gasteiger charge is -2.09. The number of hydrogen-bond acceptors (Lipinski definition) is 6. The Bertz CT molecular complexity index is 1130. The molecule has 4 aromatic heterocycles. The molecule has 0 radical (unpaired) electrons. The van der Waals surface area contributed by atoms with Gasteiger partial charge in [0.25, 0.3) is 5.56 Å². The Kier molecular flexibility index (Phi) is 3.50. The fraction of sp³-hybridized carbons (Fsp3) is 0.222. The number of nitrogens with one attached hydrogen (secondary N) is 1. The summed E-state index contributed by atoms with van der Waals surface area (Å²) in [5.74, 6) is 0.537. The minimum Gasteiger partial charge on any atom is -0.305 e. The van der Waals surface area contributed by atoms with Gasteiger partial charge in [-0.05, 0) is 43.4 Å². The highest BCUT2D eigenvalue weighted by molar-refractivity contribution is 7.18. The Balaban J connectivity index is 1.62. The molecule has 7 heteroatoms. The van der Waals surface area contributed by atoms with E-state index in [1.165, 1.54) is 28.2 Å². The summed E-state index contributed by atoms with van der Waals surface area (Å²) in [6.07, 6.45) is 6.15. The van der Waals surface area contributed by atoms with Gasteiger partial charge in [0.15, 0.2) is 5.82 Å². The van der Waals surface area contributed by atoms with Gasteiger partial charge in [-0.1, -0.05) is 6.07 Å². The molecule has 0 amide bonds. The van der Waals surface area contributed by atoms with Crippen LogP contribution in [-0.4, -0.2) is 19.9 Å². The zero-order valence-corrected chi connectivity index (χ0v) is 14.9. The summed E-state index contributed by atoms with van der Waals surface area (Å²) < 4.78 is 0. The molecule has 0 aromatic carbocycles. The molecule has 1 aliphatic rings. The van der Waals surface area contributed by atoms with E-state index >= 15 is 0 Å². The van der Waals surface area contributed by atoms with Gasteiger partial charge >= 0.3 is 0 Å². The molecule has 4 aromatic rings. The van der Waals surface area contributed by atoms with Gasteiger partial charge < -0.3 is 4.98 Å². The molecule has 0 unspecified atom stereocenters. The first kappa shape index (κ1) is 14.9. The standard InChI is InChI=1S/C18H14N4OS2/c23-16-14-10-5-1-2-7-13(10)25-18(14)22-15(21-16)12-9-24-17(20-12)11-6-3-4-8-19-11/h3-4,6,8-9H,1-2,5,7H2,(H,21,22,23). The van der Waals surface area contributed by atoms with E-state index in [0.29, 0.717) is 11.5 Å². The lowest BCUT2D eigenvalue weighted by molar-refractivity contribution is 0.700. The molecule has 0 fully saturated rings. The maximum Gasteiger partial charge on any atom is 0.260 e. The average molecular weight is 366 g/mol. The second-order valence-electron chi connectivity index (χ2n) is 6.06. The number of aryl methyl sites for hydroxylation is 2. The number of thiazole rings is 1. The SMILES string of the molecule is O=c1[nH]c(-c2csc(-c3ccccn3)n2)nc2sc3c(c12)CCCC3. The van der Waals surface area contributed by atoms with Crippen molar-refractivity contribution < 1.29 is 0 Å². The highest BCUT2D eigenvalue weighted by Crippen LogP contribution is 2.34. The van der Waals surface area contributed by atoms with E-state index in [0.717, 1.165) is 40.2 Å². The van der Waals surface area contributed by atoms with Crippen molar-refractivity contribution in [1.82, 2.24) is 19.9 Å². The third kappa shape index (κ3) is 2.51. The van der Waals surface area contributed by atoms with Crippen molar-refractivity contribution in [3.63, 3.8) is 0 Å². The molecule has 0 saturated heterocycles. The van der Waals surface area contributed by atoms with Crippen molar-refractivity contribution in [1.29, 1.82) is 0 Å². The van der Waals surface area contributed by atoms with E-state index in [9.17, 15) is 4.79 Å². The average Bonchev–Trinajstić information content (AvgIpc) is 3.27. The largest absolute Gasteiger partial charge is 0.305 e. The highest BCUT2D eigenvalue weighted by atomic mass is 32.1. The summed E-state index contributed by atoms with van der Waals surface area (Å²) in [6.45, 7) is 0. The van der Waals surface area contributed by atoms with Gasteiger partial charge in [-0.3, -0.25) is 9.78 Å². The van der Waals surface area contributed by atoms with Gasteiger partial charge in [0.05, 0.1) is 11.1 Å². The van der Waals surface area contributed by atoms with Gasteiger partial charge in [0.1, 0.15) is 15.5 Å². The first-order chi connectivity index (χ1) is 12.3. The number of thiophene rings is 1. The van der Waals surface area contributed by atoms with Crippen LogP contribution in [0.1, 0.15) is 23.3 Å². The highest BCUT2D eigenvalue weighted by Gasteiger charge is 2.20. The van der Waals surface area contributed by atoms with E-state index in [1.807, 2.05) is 23.6 Å². The lowest BCUT2D eigenvalue weighted by Crippen LogP contribution is -2.11. The third-order valence-corrected chi connectivity index (χ3v) is 6.51. The van der Waals surface area contributed by atoms with E-state index < -0.39 is 0 Å². The fourth-order valence-electron chi connectivity index (χ4n) is 3.27. The number of hydrogen-bond donors (Lipinski definition) is 1. The van der Waals surface area contributed by atoms with Crippen LogP contribution in [0.3, 0.4) is 0 Å². The molecule has 124 valence electrons. The summed E-state index contributed by atoms with van der Waals surface area (Å²) in [7, 11) is 0. The quantitative estimate of drug-likeness (QED) is 0.581. The van der Waals surface area contributed by atoms with Crippen molar-refractivity contribution in [2.45, 2.75) is 25.7 Å². The molecule has 25 heavy (non-hydrogen) atoms. The van der Waals surface area contributed by atoms with Crippen LogP contribution in [0.5, 0.6) is 0 Å². The summed E-state index contributed by atoms with van der Waals surface area (Å²) in [5.41, 5.74) is 2.68. The summed E-state index contributed by atoms with van der Waals surface area (Å²) in [4.78, 5) is 31.4. The molecule has 1 aliphatic carbocycles. The number of nitrogens with zero attached hydrogens (tertiary/aromatic N) is 3. The van der Waals surface area contributed by atoms with Gasteiger partial charge in [0, 0.05) is 16.5 Å². The van der Waals surface area contributed by atoms with Gasteiger partial charge in [-0.15, -0.1) is 22.7 Å². The molecule has 0 atom stereocenters. The van der Waals surface area contributed by atoms with Crippen LogP contribution in [0.4, 0.5) is 0 Å². The molecule has 0 bridgehead atoms. The predicted molar refractivity (Wildman–Crippen MR) is 101 cm³/mol. The van der Waals surface area contributed by atoms with Crippen LogP contribution in [-0.2, 0) is 12.8 Å². The first-order valence-electron chi connectivity index (χ1n) is 8.21. The van der Waals surface area contributed by atoms with E-state index in [-0.39, 0.29) is 5.56 Å². The topological polar surface area (TPSA) is 71.5 Å². The van der Waals surface area contributed by atoms with E-state index in [2.05, 4.69) is 15.0 Å². The van der Waals surface area contributed by atoms with Gasteiger partial charge in [0.2, 0.25) is 0 Å². The van der Waals surface area contributed by atoms with Crippen molar-refractivity contribution in [3.8, 4) is 22.2 Å². The molecule has 1 N–H and O–H groups in total. The maximum atomic E-state index is 12.7. The zero-order valence-electron chi connectivity index (χ0n) is 13.3. The predicted octanol–water partition coefficient (Wildman–Crippen LogP) is 4.05. The molecular weight excluding hydrogens is 352 g/mol. The number of H-pyrrole nitrogens is 1. The molecule has 0 spiro atoms. The maximum absolute atomic E-state index is 12.7. The molecule has 5 rings (SSSR count). The van der Waals surface area contributed by atoms with Gasteiger partial charge in [-0.2, -0.15) is 0 Å². The minimum absolute atomic E-state index is 0.0493. The normalized spacial score (nSPS) is 13.9. The molecule has 0 aliphatic heterocycles. The van der Waals surface area contributed by atoms with Crippen LogP contribution in [0.25, 0.3) is 32.4 Å². The van der Waals surface area contributed by atoms with Crippen molar-refractivity contribution in [3.05, 3.63) is 50.6 Å². The van der Waals surface area contributed by atoms with Crippen LogP contribution in [0.2, 0.25) is 0 Å². The molecule has 5 nitrogen and oxygen atoms in total. The smallest absolute Gasteiger partial charge is 0.260 e. The number of aromatic amines is 1. The van der Waals surface area contributed by atoms with E-state index in [4.69, 9.17) is 4.98 Å². The molecule has 0 saturated carbocycles. The third-order valence-electron chi connectivity index (χ3n) is 4.46. The lowest BCUT2D eigenvalue weighted by atomic mass is 9.97. The van der Waals surface area contributed by atoms with Crippen LogP contribution >= 0.6 is 22.7 Å². The Morgan fingerprint density at radius 3 is 2.88 bits per heavy atom. The number of pyridine rings is 1. The van der Waals surface area contributed by atoms with Crippen molar-refractivity contribution in [2.75, 3.05) is 0 Å². The van der Waals surface area contributed by atoms with Crippen LogP contribution < -0.4 is 5.56 Å². The Morgan fingerprint density at radius 1 is 1.08 bits per heavy atom. The van der Waals surface area contributed by atoms with E-state index in [1.54, 1.807) is 17.5 Å². The number of fused-ring (bicyclic) bond motifs is 3. The van der Waals surface area contributed by atoms with Gasteiger partial charge in [-0.25, -0.2) is 9.97 Å². The second-order valence-corrected chi connectivity index (χ2v) is 8.00. The number of aromatic nitrogens is 4.